The van der Waals surface area contributed by atoms with Crippen LogP contribution >= 0.6 is 23.1 Å². The van der Waals surface area contributed by atoms with E-state index in [-0.39, 0.29) is 5.91 Å². The van der Waals surface area contributed by atoms with Crippen LogP contribution < -0.4 is 5.32 Å². The van der Waals surface area contributed by atoms with Crippen molar-refractivity contribution in [3.8, 4) is 5.82 Å². The van der Waals surface area contributed by atoms with E-state index in [1.165, 1.54) is 0 Å². The molecule has 0 aliphatic heterocycles. The van der Waals surface area contributed by atoms with Crippen LogP contribution in [0.15, 0.2) is 71.3 Å². The van der Waals surface area contributed by atoms with Gasteiger partial charge in [0.15, 0.2) is 5.82 Å². The summed E-state index contributed by atoms with van der Waals surface area (Å²) in [5, 5.41) is 10.2. The highest BCUT2D eigenvalue weighted by Crippen LogP contribution is 2.24. The quantitative estimate of drug-likeness (QED) is 0.474. The third-order valence-electron chi connectivity index (χ3n) is 3.91. The lowest BCUT2D eigenvalue weighted by molar-refractivity contribution is 0.102. The molecule has 0 aliphatic rings. The number of anilines is 1. The maximum Gasteiger partial charge on any atom is 0.255 e. The van der Waals surface area contributed by atoms with Crippen molar-refractivity contribution in [1.29, 1.82) is 0 Å². The number of benzene rings is 1. The third-order valence-corrected chi connectivity index (χ3v) is 5.78. The molecule has 28 heavy (non-hydrogen) atoms. The number of aromatic nitrogens is 4. The molecule has 4 rings (SSSR count). The van der Waals surface area contributed by atoms with Crippen LogP contribution in [0.3, 0.4) is 0 Å². The van der Waals surface area contributed by atoms with Crippen molar-refractivity contribution in [1.82, 2.24) is 19.7 Å². The van der Waals surface area contributed by atoms with Crippen LogP contribution in [0.4, 0.5) is 5.69 Å². The van der Waals surface area contributed by atoms with Gasteiger partial charge in [-0.1, -0.05) is 0 Å². The number of aryl methyl sites for hydroxylation is 1. The molecule has 8 heteroatoms. The summed E-state index contributed by atoms with van der Waals surface area (Å²) in [5.74, 6) is 1.35. The standard InChI is InChI=1S/C20H17N5OS2/c1-14-23-17(12-27-14)13-28-18-6-3-15(4-7-18)20(26)24-16-5-8-19(21-11-16)25-10-2-9-22-25/h2-12H,13H2,1H3,(H,24,26). The average molecular weight is 408 g/mol. The van der Waals surface area contributed by atoms with Gasteiger partial charge in [-0.25, -0.2) is 14.6 Å². The SMILES string of the molecule is Cc1nc(CSc2ccc(C(=O)Nc3ccc(-n4cccn4)nc3)cc2)cs1. The molecule has 0 saturated heterocycles. The van der Waals surface area contributed by atoms with E-state index in [9.17, 15) is 4.79 Å². The van der Waals surface area contributed by atoms with Crippen molar-refractivity contribution in [2.45, 2.75) is 17.6 Å². The molecule has 0 atom stereocenters. The number of rotatable bonds is 6. The summed E-state index contributed by atoms with van der Waals surface area (Å²) in [5.41, 5.74) is 2.32. The Morgan fingerprint density at radius 1 is 1.21 bits per heavy atom. The first-order valence-corrected chi connectivity index (χ1v) is 10.5. The Hall–Kier alpha value is -2.97. The topological polar surface area (TPSA) is 72.7 Å². The van der Waals surface area contributed by atoms with Gasteiger partial charge in [0.05, 0.1) is 22.6 Å². The number of carbonyl (C=O) groups is 1. The number of nitrogens with zero attached hydrogens (tertiary/aromatic N) is 4. The average Bonchev–Trinajstić information content (AvgIpc) is 3.39. The number of thiazole rings is 1. The molecular formula is C20H17N5OS2. The first kappa shape index (κ1) is 18.4. The summed E-state index contributed by atoms with van der Waals surface area (Å²) in [6.07, 6.45) is 5.13. The zero-order valence-electron chi connectivity index (χ0n) is 15.1. The molecular weight excluding hydrogens is 390 g/mol. The fraction of sp³-hybridized carbons (Fsp3) is 0.100. The van der Waals surface area contributed by atoms with Gasteiger partial charge < -0.3 is 5.32 Å². The van der Waals surface area contributed by atoms with Crippen molar-refractivity contribution in [3.63, 3.8) is 0 Å². The predicted molar refractivity (Wildman–Crippen MR) is 112 cm³/mol. The molecule has 0 radical (unpaired) electrons. The second-order valence-corrected chi connectivity index (χ2v) is 8.09. The van der Waals surface area contributed by atoms with Gasteiger partial charge in [0.25, 0.3) is 5.91 Å². The van der Waals surface area contributed by atoms with Crippen LogP contribution in [0.5, 0.6) is 0 Å². The van der Waals surface area contributed by atoms with Gasteiger partial charge in [-0.05, 0) is 49.4 Å². The molecule has 1 aromatic carbocycles. The Morgan fingerprint density at radius 2 is 2.07 bits per heavy atom. The molecule has 3 aromatic heterocycles. The molecule has 1 amide bonds. The summed E-state index contributed by atoms with van der Waals surface area (Å²) >= 11 is 3.37. The minimum absolute atomic E-state index is 0.166. The van der Waals surface area contributed by atoms with E-state index in [1.807, 2.05) is 55.6 Å². The zero-order valence-corrected chi connectivity index (χ0v) is 16.7. The van der Waals surface area contributed by atoms with E-state index < -0.39 is 0 Å². The maximum atomic E-state index is 12.4. The molecule has 0 saturated carbocycles. The number of carbonyl (C=O) groups excluding carboxylic acids is 1. The number of thioether (sulfide) groups is 1. The van der Waals surface area contributed by atoms with Gasteiger partial charge >= 0.3 is 0 Å². The molecule has 0 unspecified atom stereocenters. The number of hydrogen-bond acceptors (Lipinski definition) is 6. The van der Waals surface area contributed by atoms with Crippen molar-refractivity contribution in [2.24, 2.45) is 0 Å². The fourth-order valence-electron chi connectivity index (χ4n) is 2.54. The summed E-state index contributed by atoms with van der Waals surface area (Å²) < 4.78 is 1.66. The Morgan fingerprint density at radius 3 is 2.71 bits per heavy atom. The van der Waals surface area contributed by atoms with Crippen molar-refractivity contribution in [2.75, 3.05) is 5.32 Å². The first-order chi connectivity index (χ1) is 13.7. The number of nitrogens with one attached hydrogen (secondary N) is 1. The smallest absolute Gasteiger partial charge is 0.255 e. The van der Waals surface area contributed by atoms with Crippen molar-refractivity contribution >= 4 is 34.7 Å². The number of pyridine rings is 1. The molecule has 0 fully saturated rings. The number of hydrogen-bond donors (Lipinski definition) is 1. The normalized spacial score (nSPS) is 10.8. The largest absolute Gasteiger partial charge is 0.321 e. The number of amides is 1. The highest BCUT2D eigenvalue weighted by molar-refractivity contribution is 7.98. The minimum atomic E-state index is -0.166. The molecule has 0 aliphatic carbocycles. The van der Waals surface area contributed by atoms with E-state index in [4.69, 9.17) is 0 Å². The predicted octanol–water partition coefficient (Wildman–Crippen LogP) is 4.58. The van der Waals surface area contributed by atoms with Crippen LogP contribution in [-0.4, -0.2) is 25.7 Å². The molecule has 140 valence electrons. The molecule has 4 aromatic rings. The van der Waals surface area contributed by atoms with Gasteiger partial charge in [0.1, 0.15) is 0 Å². The molecule has 0 spiro atoms. The van der Waals surface area contributed by atoms with Gasteiger partial charge in [0, 0.05) is 34.0 Å². The van der Waals surface area contributed by atoms with Crippen LogP contribution in [-0.2, 0) is 5.75 Å². The van der Waals surface area contributed by atoms with Gasteiger partial charge in [-0.3, -0.25) is 4.79 Å². The van der Waals surface area contributed by atoms with E-state index in [0.717, 1.165) is 21.3 Å². The lowest BCUT2D eigenvalue weighted by atomic mass is 10.2. The minimum Gasteiger partial charge on any atom is -0.321 e. The van der Waals surface area contributed by atoms with Gasteiger partial charge in [-0.15, -0.1) is 23.1 Å². The lowest BCUT2D eigenvalue weighted by Crippen LogP contribution is -2.12. The Bertz CT molecular complexity index is 1060. The Labute approximate surface area is 170 Å². The summed E-state index contributed by atoms with van der Waals surface area (Å²) in [6, 6.07) is 13.0. The molecule has 3 heterocycles. The lowest BCUT2D eigenvalue weighted by Gasteiger charge is -2.07. The first-order valence-electron chi connectivity index (χ1n) is 8.59. The van der Waals surface area contributed by atoms with Crippen LogP contribution in [0.1, 0.15) is 21.1 Å². The molecule has 0 bridgehead atoms. The van der Waals surface area contributed by atoms with Crippen molar-refractivity contribution < 1.29 is 4.79 Å². The highest BCUT2D eigenvalue weighted by Gasteiger charge is 2.08. The van der Waals surface area contributed by atoms with Crippen molar-refractivity contribution in [3.05, 3.63) is 82.7 Å². The summed E-state index contributed by atoms with van der Waals surface area (Å²) in [7, 11) is 0. The van der Waals surface area contributed by atoms with Crippen LogP contribution in [0.2, 0.25) is 0 Å². The van der Waals surface area contributed by atoms with Crippen LogP contribution in [0, 0.1) is 6.92 Å². The summed E-state index contributed by atoms with van der Waals surface area (Å²) in [6.45, 7) is 2.01. The second kappa shape index (κ2) is 8.37. The Kier molecular flexibility index (Phi) is 5.50. The third kappa shape index (κ3) is 4.47. The Balaban J connectivity index is 1.35. The summed E-state index contributed by atoms with van der Waals surface area (Å²) in [4.78, 5) is 22.3. The van der Waals surface area contributed by atoms with E-state index >= 15 is 0 Å². The highest BCUT2D eigenvalue weighted by atomic mass is 32.2. The second-order valence-electron chi connectivity index (χ2n) is 5.98. The fourth-order valence-corrected chi connectivity index (χ4v) is 4.05. The van der Waals surface area contributed by atoms with Gasteiger partial charge in [-0.2, -0.15) is 5.10 Å². The maximum absolute atomic E-state index is 12.4. The van der Waals surface area contributed by atoms with E-state index in [2.05, 4.69) is 25.8 Å². The van der Waals surface area contributed by atoms with E-state index in [1.54, 1.807) is 40.2 Å². The monoisotopic (exact) mass is 407 g/mol. The zero-order chi connectivity index (χ0) is 19.3. The molecule has 1 N–H and O–H groups in total. The van der Waals surface area contributed by atoms with Crippen LogP contribution in [0.25, 0.3) is 5.82 Å². The van der Waals surface area contributed by atoms with Gasteiger partial charge in [0.2, 0.25) is 0 Å². The molecule has 6 nitrogen and oxygen atoms in total. The van der Waals surface area contributed by atoms with E-state index in [0.29, 0.717) is 17.1 Å².